The van der Waals surface area contributed by atoms with E-state index >= 15 is 0 Å². The van der Waals surface area contributed by atoms with Gasteiger partial charge in [-0.25, -0.2) is 9.97 Å². The highest BCUT2D eigenvalue weighted by atomic mass is 79.9. The summed E-state index contributed by atoms with van der Waals surface area (Å²) >= 11 is 3.09. The molecular weight excluding hydrogens is 496 g/mol. The Labute approximate surface area is 206 Å². The number of benzene rings is 2. The lowest BCUT2D eigenvalue weighted by atomic mass is 10.1. The summed E-state index contributed by atoms with van der Waals surface area (Å²) in [6.07, 6.45) is 6.54. The number of aromatic amines is 1. The molecule has 34 heavy (non-hydrogen) atoms. The molecule has 5 rings (SSSR count). The molecule has 2 aromatic carbocycles. The second-order valence-corrected chi connectivity index (χ2v) is 8.20. The van der Waals surface area contributed by atoms with Crippen molar-refractivity contribution >= 4 is 38.7 Å². The number of piperidine rings is 1. The Morgan fingerprint density at radius 2 is 1.71 bits per heavy atom. The standard InChI is InChI=1S/C17H13N5O.C8H12BrNO/c18-16-14-15(21-22-17(14)20-10-19-16)11-6-8-13(9-7-11)23-12-4-2-1-3-5-12;9-5-4-8(11)10-6-2-1-3-7-10/h1-10H,(H3,18,19,20,21,22);4-5H,1-3,6-7H2/b;5-4+. The molecule has 3 N–H and O–H groups in total. The largest absolute Gasteiger partial charge is 0.457 e. The third-order valence-corrected chi connectivity index (χ3v) is 5.64. The number of fused-ring (bicyclic) bond motifs is 1. The van der Waals surface area contributed by atoms with Gasteiger partial charge < -0.3 is 15.4 Å². The number of carbonyl (C=O) groups excluding carboxylic acids is 1. The zero-order valence-corrected chi connectivity index (χ0v) is 20.1. The highest BCUT2D eigenvalue weighted by Crippen LogP contribution is 2.30. The van der Waals surface area contributed by atoms with Crippen LogP contribution in [0.1, 0.15) is 19.3 Å². The first kappa shape index (κ1) is 23.4. The van der Waals surface area contributed by atoms with Crippen LogP contribution in [0.25, 0.3) is 22.3 Å². The summed E-state index contributed by atoms with van der Waals surface area (Å²) in [6.45, 7) is 1.85. The van der Waals surface area contributed by atoms with Gasteiger partial charge in [-0.15, -0.1) is 0 Å². The number of rotatable bonds is 4. The second-order valence-electron chi connectivity index (χ2n) is 7.67. The summed E-state index contributed by atoms with van der Waals surface area (Å²) < 4.78 is 5.79. The predicted molar refractivity (Wildman–Crippen MR) is 137 cm³/mol. The Balaban J connectivity index is 0.000000210. The summed E-state index contributed by atoms with van der Waals surface area (Å²) in [5.41, 5.74) is 8.22. The fourth-order valence-corrected chi connectivity index (χ4v) is 3.90. The van der Waals surface area contributed by atoms with Gasteiger partial charge in [-0.05, 0) is 60.6 Å². The number of para-hydroxylation sites is 1. The normalized spacial score (nSPS) is 13.5. The molecule has 1 saturated heterocycles. The Kier molecular flexibility index (Phi) is 7.87. The zero-order chi connectivity index (χ0) is 23.8. The van der Waals surface area contributed by atoms with E-state index in [0.717, 1.165) is 54.1 Å². The van der Waals surface area contributed by atoms with Gasteiger partial charge in [0.25, 0.3) is 0 Å². The van der Waals surface area contributed by atoms with E-state index in [-0.39, 0.29) is 5.91 Å². The first-order valence-electron chi connectivity index (χ1n) is 11.0. The van der Waals surface area contributed by atoms with Crippen LogP contribution >= 0.6 is 15.9 Å². The molecule has 9 heteroatoms. The van der Waals surface area contributed by atoms with Crippen molar-refractivity contribution in [2.24, 2.45) is 0 Å². The van der Waals surface area contributed by atoms with Crippen molar-refractivity contribution in [3.63, 3.8) is 0 Å². The SMILES string of the molecule is Nc1ncnc2n[nH]c(-c3ccc(Oc4ccccc4)cc3)c12.O=C(/C=C/Br)N1CCCCC1. The number of nitrogens with zero attached hydrogens (tertiary/aromatic N) is 4. The topological polar surface area (TPSA) is 110 Å². The number of hydrogen-bond acceptors (Lipinski definition) is 6. The maximum atomic E-state index is 11.2. The van der Waals surface area contributed by atoms with Crippen LogP contribution < -0.4 is 10.5 Å². The number of nitrogens with one attached hydrogen (secondary N) is 1. The van der Waals surface area contributed by atoms with E-state index in [1.54, 1.807) is 11.1 Å². The summed E-state index contributed by atoms with van der Waals surface area (Å²) in [6, 6.07) is 17.3. The molecule has 0 saturated carbocycles. The van der Waals surface area contributed by atoms with Crippen molar-refractivity contribution in [2.45, 2.75) is 19.3 Å². The van der Waals surface area contributed by atoms with Crippen LogP contribution in [0.5, 0.6) is 11.5 Å². The van der Waals surface area contributed by atoms with Crippen molar-refractivity contribution in [1.82, 2.24) is 25.1 Å². The van der Waals surface area contributed by atoms with Crippen LogP contribution in [0.15, 0.2) is 72.0 Å². The number of ether oxygens (including phenoxy) is 1. The average Bonchev–Trinajstić information content (AvgIpc) is 3.32. The Hall–Kier alpha value is -3.72. The maximum absolute atomic E-state index is 11.2. The van der Waals surface area contributed by atoms with Gasteiger partial charge in [-0.3, -0.25) is 9.89 Å². The van der Waals surface area contributed by atoms with E-state index in [9.17, 15) is 4.79 Å². The number of nitrogens with two attached hydrogens (primary N) is 1. The Bertz CT molecular complexity index is 1250. The lowest BCUT2D eigenvalue weighted by molar-refractivity contribution is -0.126. The van der Waals surface area contributed by atoms with Crippen molar-refractivity contribution in [1.29, 1.82) is 0 Å². The molecule has 1 aliphatic rings. The summed E-state index contributed by atoms with van der Waals surface area (Å²) in [4.78, 5) is 22.8. The van der Waals surface area contributed by atoms with Crippen LogP contribution in [-0.2, 0) is 4.79 Å². The van der Waals surface area contributed by atoms with Crippen LogP contribution in [0.3, 0.4) is 0 Å². The van der Waals surface area contributed by atoms with Gasteiger partial charge in [0.05, 0.1) is 11.1 Å². The van der Waals surface area contributed by atoms with Gasteiger partial charge in [0.2, 0.25) is 5.91 Å². The molecule has 1 fully saturated rings. The van der Waals surface area contributed by atoms with Crippen LogP contribution in [0.4, 0.5) is 5.82 Å². The number of hydrogen-bond donors (Lipinski definition) is 2. The van der Waals surface area contributed by atoms with Crippen molar-refractivity contribution in [3.05, 3.63) is 72.0 Å². The van der Waals surface area contributed by atoms with Crippen molar-refractivity contribution < 1.29 is 9.53 Å². The van der Waals surface area contributed by atoms with Crippen LogP contribution in [-0.4, -0.2) is 44.1 Å². The predicted octanol–water partition coefficient (Wildman–Crippen LogP) is 5.30. The van der Waals surface area contributed by atoms with E-state index < -0.39 is 0 Å². The molecule has 2 aromatic heterocycles. The molecular formula is C25H25BrN6O2. The van der Waals surface area contributed by atoms with E-state index in [0.29, 0.717) is 11.5 Å². The molecule has 8 nitrogen and oxygen atoms in total. The molecule has 4 aromatic rings. The number of carbonyl (C=O) groups is 1. The summed E-state index contributed by atoms with van der Waals surface area (Å²) in [5, 5.41) is 7.85. The minimum Gasteiger partial charge on any atom is -0.457 e. The number of halogens is 1. The number of nitrogen functional groups attached to an aromatic ring is 1. The first-order valence-corrected chi connectivity index (χ1v) is 11.9. The summed E-state index contributed by atoms with van der Waals surface area (Å²) in [5.74, 6) is 2.09. The molecule has 0 bridgehead atoms. The molecule has 0 atom stereocenters. The van der Waals surface area contributed by atoms with Crippen LogP contribution in [0.2, 0.25) is 0 Å². The molecule has 0 unspecified atom stereocenters. The van der Waals surface area contributed by atoms with Gasteiger partial charge in [0.1, 0.15) is 23.6 Å². The van der Waals surface area contributed by atoms with Crippen molar-refractivity contribution in [2.75, 3.05) is 18.8 Å². The number of anilines is 1. The van der Waals surface area contributed by atoms with Gasteiger partial charge in [-0.1, -0.05) is 34.1 Å². The number of H-pyrrole nitrogens is 1. The molecule has 0 spiro atoms. The fourth-order valence-electron chi connectivity index (χ4n) is 3.68. The van der Waals surface area contributed by atoms with Gasteiger partial charge in [0.15, 0.2) is 5.65 Å². The van der Waals surface area contributed by atoms with E-state index in [1.807, 2.05) is 59.5 Å². The van der Waals surface area contributed by atoms with Crippen LogP contribution in [0, 0.1) is 0 Å². The zero-order valence-electron chi connectivity index (χ0n) is 18.5. The molecule has 0 radical (unpaired) electrons. The lowest BCUT2D eigenvalue weighted by Gasteiger charge is -2.25. The number of amides is 1. The third kappa shape index (κ3) is 5.79. The quantitative estimate of drug-likeness (QED) is 0.353. The number of likely N-dealkylation sites (tertiary alicyclic amines) is 1. The summed E-state index contributed by atoms with van der Waals surface area (Å²) in [7, 11) is 0. The Morgan fingerprint density at radius 3 is 2.41 bits per heavy atom. The third-order valence-electron chi connectivity index (χ3n) is 5.38. The molecule has 1 amide bonds. The maximum Gasteiger partial charge on any atom is 0.247 e. The second kappa shape index (κ2) is 11.4. The minimum absolute atomic E-state index is 0.126. The lowest BCUT2D eigenvalue weighted by Crippen LogP contribution is -2.34. The highest BCUT2D eigenvalue weighted by molar-refractivity contribution is 9.11. The van der Waals surface area contributed by atoms with E-state index in [2.05, 4.69) is 36.1 Å². The smallest absolute Gasteiger partial charge is 0.247 e. The van der Waals surface area contributed by atoms with E-state index in [1.165, 1.54) is 12.7 Å². The monoisotopic (exact) mass is 520 g/mol. The molecule has 174 valence electrons. The molecule has 1 aliphatic heterocycles. The number of aromatic nitrogens is 4. The highest BCUT2D eigenvalue weighted by Gasteiger charge is 2.13. The Morgan fingerprint density at radius 1 is 1.00 bits per heavy atom. The van der Waals surface area contributed by atoms with Gasteiger partial charge in [-0.2, -0.15) is 5.10 Å². The van der Waals surface area contributed by atoms with Gasteiger partial charge >= 0.3 is 0 Å². The molecule has 3 heterocycles. The molecule has 0 aliphatic carbocycles. The van der Waals surface area contributed by atoms with E-state index in [4.69, 9.17) is 10.5 Å². The first-order chi connectivity index (χ1) is 16.7. The fraction of sp³-hybridized carbons (Fsp3) is 0.200. The van der Waals surface area contributed by atoms with Crippen molar-refractivity contribution in [3.8, 4) is 22.8 Å². The average molecular weight is 521 g/mol. The van der Waals surface area contributed by atoms with Gasteiger partial charge in [0, 0.05) is 24.7 Å². The minimum atomic E-state index is 0.126.